The summed E-state index contributed by atoms with van der Waals surface area (Å²) in [7, 11) is 0. The Morgan fingerprint density at radius 1 is 1.50 bits per heavy atom. The Bertz CT molecular complexity index is 101. The zero-order chi connectivity index (χ0) is 7.98. The van der Waals surface area contributed by atoms with E-state index in [-0.39, 0.29) is 6.10 Å². The van der Waals surface area contributed by atoms with E-state index >= 15 is 0 Å². The fourth-order valence-corrected chi connectivity index (χ4v) is 0.565. The van der Waals surface area contributed by atoms with Crippen molar-refractivity contribution in [3.63, 3.8) is 0 Å². The van der Waals surface area contributed by atoms with Crippen LogP contribution in [0.4, 0.5) is 4.79 Å². The maximum atomic E-state index is 10.2. The van der Waals surface area contributed by atoms with Crippen molar-refractivity contribution in [1.82, 2.24) is 0 Å². The molecular weight excluding hydrogens is 132 g/mol. The number of cyclic esters (lactones) is 2. The van der Waals surface area contributed by atoms with Gasteiger partial charge >= 0.3 is 6.16 Å². The maximum Gasteiger partial charge on any atom is 0.508 e. The topological polar surface area (TPSA) is 35.5 Å². The highest BCUT2D eigenvalue weighted by Crippen LogP contribution is 2.05. The van der Waals surface area contributed by atoms with Gasteiger partial charge in [0.2, 0.25) is 0 Å². The lowest BCUT2D eigenvalue weighted by atomic mass is 10.3. The van der Waals surface area contributed by atoms with Crippen molar-refractivity contribution in [1.29, 1.82) is 0 Å². The molecule has 0 aromatic rings. The summed E-state index contributed by atoms with van der Waals surface area (Å²) >= 11 is 0. The predicted octanol–water partition coefficient (Wildman–Crippen LogP) is 1.96. The summed E-state index contributed by atoms with van der Waals surface area (Å²) in [4.78, 5) is 10.2. The van der Waals surface area contributed by atoms with Crippen LogP contribution in [-0.2, 0) is 9.47 Å². The van der Waals surface area contributed by atoms with Gasteiger partial charge in [-0.05, 0) is 6.92 Å². The van der Waals surface area contributed by atoms with Crippen LogP contribution in [0.1, 0.15) is 27.2 Å². The summed E-state index contributed by atoms with van der Waals surface area (Å²) in [6, 6.07) is 0. The average Bonchev–Trinajstić information content (AvgIpc) is 1.91. The van der Waals surface area contributed by atoms with Crippen LogP contribution in [0.3, 0.4) is 0 Å². The number of ether oxygens (including phenoxy) is 2. The van der Waals surface area contributed by atoms with Crippen LogP contribution in [-0.4, -0.2) is 18.9 Å². The summed E-state index contributed by atoms with van der Waals surface area (Å²) in [5.74, 6) is 0. The van der Waals surface area contributed by atoms with Gasteiger partial charge in [-0.2, -0.15) is 0 Å². The highest BCUT2D eigenvalue weighted by molar-refractivity contribution is 5.60. The summed E-state index contributed by atoms with van der Waals surface area (Å²) in [6.07, 6.45) is 0.311. The molecule has 0 aromatic heterocycles. The van der Waals surface area contributed by atoms with Gasteiger partial charge in [0.25, 0.3) is 0 Å². The Morgan fingerprint density at radius 3 is 2.40 bits per heavy atom. The van der Waals surface area contributed by atoms with Gasteiger partial charge in [0, 0.05) is 6.42 Å². The third-order valence-electron chi connectivity index (χ3n) is 1.04. The van der Waals surface area contributed by atoms with Gasteiger partial charge in [0.15, 0.2) is 0 Å². The van der Waals surface area contributed by atoms with Crippen LogP contribution in [0.5, 0.6) is 0 Å². The molecule has 10 heavy (non-hydrogen) atoms. The quantitative estimate of drug-likeness (QED) is 0.490. The highest BCUT2D eigenvalue weighted by atomic mass is 16.7. The molecule has 0 saturated carbocycles. The van der Waals surface area contributed by atoms with Gasteiger partial charge in [-0.3, -0.25) is 0 Å². The second-order valence-electron chi connectivity index (χ2n) is 1.82. The van der Waals surface area contributed by atoms with Crippen molar-refractivity contribution in [2.24, 2.45) is 0 Å². The van der Waals surface area contributed by atoms with E-state index in [9.17, 15) is 4.79 Å². The molecule has 0 N–H and O–H groups in total. The lowest BCUT2D eigenvalue weighted by molar-refractivity contribution is -0.0154. The van der Waals surface area contributed by atoms with E-state index in [1.807, 2.05) is 20.8 Å². The van der Waals surface area contributed by atoms with Crippen molar-refractivity contribution in [3.8, 4) is 0 Å². The molecule has 0 amide bonds. The normalized spacial score (nSPS) is 23.5. The van der Waals surface area contributed by atoms with Crippen molar-refractivity contribution >= 4 is 6.16 Å². The zero-order valence-corrected chi connectivity index (χ0v) is 6.72. The van der Waals surface area contributed by atoms with Crippen LogP contribution in [0.25, 0.3) is 0 Å². The van der Waals surface area contributed by atoms with E-state index < -0.39 is 6.16 Å². The fraction of sp³-hybridized carbons (Fsp3) is 0.857. The molecule has 1 heterocycles. The predicted molar refractivity (Wildman–Crippen MR) is 37.9 cm³/mol. The second kappa shape index (κ2) is 5.09. The van der Waals surface area contributed by atoms with E-state index in [2.05, 4.69) is 9.47 Å². The smallest absolute Gasteiger partial charge is 0.434 e. The average molecular weight is 146 g/mol. The lowest BCUT2D eigenvalue weighted by Crippen LogP contribution is -2.24. The minimum Gasteiger partial charge on any atom is -0.434 e. The Kier molecular flexibility index (Phi) is 4.72. The van der Waals surface area contributed by atoms with Crippen molar-refractivity contribution in [3.05, 3.63) is 0 Å². The van der Waals surface area contributed by atoms with Gasteiger partial charge < -0.3 is 9.47 Å². The van der Waals surface area contributed by atoms with Crippen LogP contribution in [0.2, 0.25) is 0 Å². The molecule has 3 nitrogen and oxygen atoms in total. The molecule has 60 valence electrons. The van der Waals surface area contributed by atoms with Gasteiger partial charge in [0.05, 0.1) is 6.61 Å². The first-order valence-electron chi connectivity index (χ1n) is 3.62. The SMILES string of the molecule is CC.CC1CCOC(=O)O1. The summed E-state index contributed by atoms with van der Waals surface area (Å²) in [6.45, 7) is 6.35. The Morgan fingerprint density at radius 2 is 2.10 bits per heavy atom. The molecule has 1 rings (SSSR count). The molecule has 0 radical (unpaired) electrons. The first-order chi connectivity index (χ1) is 4.79. The molecule has 0 spiro atoms. The van der Waals surface area contributed by atoms with Gasteiger partial charge in [-0.15, -0.1) is 0 Å². The minimum atomic E-state index is -0.538. The summed E-state index contributed by atoms with van der Waals surface area (Å²) in [5.41, 5.74) is 0. The third kappa shape index (κ3) is 3.33. The van der Waals surface area contributed by atoms with Crippen molar-refractivity contribution < 1.29 is 14.3 Å². The molecule has 1 atom stereocenters. The van der Waals surface area contributed by atoms with E-state index in [4.69, 9.17) is 0 Å². The molecule has 1 fully saturated rings. The molecule has 0 bridgehead atoms. The monoisotopic (exact) mass is 146 g/mol. The van der Waals surface area contributed by atoms with Gasteiger partial charge in [-0.25, -0.2) is 4.79 Å². The Labute approximate surface area is 61.3 Å². The zero-order valence-electron chi connectivity index (χ0n) is 6.72. The maximum absolute atomic E-state index is 10.2. The molecule has 1 aliphatic rings. The minimum absolute atomic E-state index is 0.0382. The molecule has 0 aromatic carbocycles. The van der Waals surface area contributed by atoms with Crippen molar-refractivity contribution in [2.75, 3.05) is 6.61 Å². The Balaban J connectivity index is 0.000000371. The second-order valence-corrected chi connectivity index (χ2v) is 1.82. The third-order valence-corrected chi connectivity index (χ3v) is 1.04. The number of rotatable bonds is 0. The largest absolute Gasteiger partial charge is 0.508 e. The standard InChI is InChI=1S/C5H8O3.C2H6/c1-4-2-3-7-5(6)8-4;1-2/h4H,2-3H2,1H3;1-2H3. The van der Waals surface area contributed by atoms with E-state index in [0.717, 1.165) is 6.42 Å². The van der Waals surface area contributed by atoms with Crippen LogP contribution in [0, 0.1) is 0 Å². The van der Waals surface area contributed by atoms with Gasteiger partial charge in [0.1, 0.15) is 6.10 Å². The van der Waals surface area contributed by atoms with Crippen molar-refractivity contribution in [2.45, 2.75) is 33.3 Å². The molecule has 1 aliphatic heterocycles. The lowest BCUT2D eigenvalue weighted by Gasteiger charge is -2.17. The fourth-order valence-electron chi connectivity index (χ4n) is 0.565. The number of hydrogen-bond donors (Lipinski definition) is 0. The molecule has 1 unspecified atom stereocenters. The molecule has 0 aliphatic carbocycles. The summed E-state index contributed by atoms with van der Waals surface area (Å²) < 4.78 is 9.11. The number of carbonyl (C=O) groups is 1. The Hall–Kier alpha value is -0.730. The first-order valence-corrected chi connectivity index (χ1v) is 3.62. The van der Waals surface area contributed by atoms with Crippen LogP contribution < -0.4 is 0 Å². The first kappa shape index (κ1) is 9.27. The van der Waals surface area contributed by atoms with E-state index in [1.54, 1.807) is 0 Å². The molecule has 1 saturated heterocycles. The summed E-state index contributed by atoms with van der Waals surface area (Å²) in [5, 5.41) is 0. The van der Waals surface area contributed by atoms with Crippen LogP contribution >= 0.6 is 0 Å². The molecule has 3 heteroatoms. The highest BCUT2D eigenvalue weighted by Gasteiger charge is 2.16. The number of hydrogen-bond acceptors (Lipinski definition) is 3. The van der Waals surface area contributed by atoms with Gasteiger partial charge in [-0.1, -0.05) is 13.8 Å². The van der Waals surface area contributed by atoms with E-state index in [0.29, 0.717) is 6.61 Å². The number of carbonyl (C=O) groups excluding carboxylic acids is 1. The van der Waals surface area contributed by atoms with Crippen LogP contribution in [0.15, 0.2) is 0 Å². The van der Waals surface area contributed by atoms with E-state index in [1.165, 1.54) is 0 Å². The molecular formula is C7H14O3.